The zero-order valence-electron chi connectivity index (χ0n) is 28.9. The van der Waals surface area contributed by atoms with E-state index in [4.69, 9.17) is 25.7 Å². The molecule has 2 fully saturated rings. The second-order valence-electron chi connectivity index (χ2n) is 13.4. The number of hydrogen-bond acceptors (Lipinski definition) is 10. The molecule has 0 spiro atoms. The first-order valence-electron chi connectivity index (χ1n) is 17.6. The van der Waals surface area contributed by atoms with Crippen LogP contribution in [0.5, 0.6) is 0 Å². The van der Waals surface area contributed by atoms with Gasteiger partial charge in [-0.2, -0.15) is 10.2 Å². The Balaban J connectivity index is 0.00000384. The van der Waals surface area contributed by atoms with Gasteiger partial charge >= 0.3 is 0 Å². The Morgan fingerprint density at radius 2 is 1.11 bits per heavy atom. The third-order valence-electron chi connectivity index (χ3n) is 9.44. The van der Waals surface area contributed by atoms with Crippen LogP contribution in [0.25, 0.3) is 38.7 Å². The van der Waals surface area contributed by atoms with E-state index in [0.29, 0.717) is 39.5 Å². The minimum Gasteiger partial charge on any atom is -0.698 e. The van der Waals surface area contributed by atoms with E-state index in [0.717, 1.165) is 65.7 Å². The molecule has 2 aliphatic rings. The van der Waals surface area contributed by atoms with E-state index < -0.39 is 0 Å². The molecule has 0 aliphatic heterocycles. The fourth-order valence-corrected chi connectivity index (χ4v) is 8.04. The summed E-state index contributed by atoms with van der Waals surface area (Å²) in [6, 6.07) is 34.1. The molecular weight excluding hydrogens is 926 g/mol. The van der Waals surface area contributed by atoms with Gasteiger partial charge in [0.25, 0.3) is 0 Å². The van der Waals surface area contributed by atoms with Gasteiger partial charge in [-0.25, -0.2) is 19.9 Å². The number of para-hydroxylation sites is 2. The summed E-state index contributed by atoms with van der Waals surface area (Å²) in [6.07, 6.45) is 4.81. The van der Waals surface area contributed by atoms with E-state index in [2.05, 4.69) is 49.2 Å². The van der Waals surface area contributed by atoms with Crippen molar-refractivity contribution in [2.75, 3.05) is 10.6 Å². The monoisotopic (exact) mass is 957 g/mol. The normalized spacial score (nSPS) is 13.9. The number of nitrogens with one attached hydrogen (secondary N) is 5. The van der Waals surface area contributed by atoms with Crippen LogP contribution in [0, 0.1) is 44.1 Å². The SMILES string of the molecule is [Ac].[NH-]c1ccc(Sc2nc(Nc3cc(C4CC4)[nH]n3)c3ccccc3n2)cc1-c1cccc(Sc2nc(Nc3cc(C4CC4)[nH]n3)c3ccccc3n2)c1. The number of fused-ring (bicyclic) bond motifs is 2. The van der Waals surface area contributed by atoms with E-state index >= 15 is 0 Å². The molecule has 0 atom stereocenters. The van der Waals surface area contributed by atoms with Crippen molar-refractivity contribution < 1.29 is 44.1 Å². The summed E-state index contributed by atoms with van der Waals surface area (Å²) < 4.78 is 0. The van der Waals surface area contributed by atoms with Crippen molar-refractivity contribution in [3.05, 3.63) is 120 Å². The molecule has 0 saturated heterocycles. The summed E-state index contributed by atoms with van der Waals surface area (Å²) in [5, 5.41) is 25.2. The van der Waals surface area contributed by atoms with Gasteiger partial charge in [0.2, 0.25) is 0 Å². The van der Waals surface area contributed by atoms with Gasteiger partial charge in [-0.3, -0.25) is 10.2 Å². The van der Waals surface area contributed by atoms with Crippen LogP contribution in [0.15, 0.2) is 123 Å². The molecule has 4 heterocycles. The first-order valence-corrected chi connectivity index (χ1v) is 19.2. The van der Waals surface area contributed by atoms with Crippen molar-refractivity contribution in [3.63, 3.8) is 0 Å². The molecule has 5 N–H and O–H groups in total. The largest absolute Gasteiger partial charge is 0.698 e. The van der Waals surface area contributed by atoms with Gasteiger partial charge in [-0.15, -0.1) is 5.69 Å². The third kappa shape index (κ3) is 7.58. The molecule has 1 radical (unpaired) electrons. The summed E-state index contributed by atoms with van der Waals surface area (Å²) in [4.78, 5) is 21.5. The quantitative estimate of drug-likeness (QED) is 0.0920. The molecule has 2 aliphatic carbocycles. The molecule has 4 aromatic carbocycles. The van der Waals surface area contributed by atoms with Gasteiger partial charge in [0, 0.05) is 100.0 Å². The Bertz CT molecular complexity index is 2650. The van der Waals surface area contributed by atoms with E-state index in [1.54, 1.807) is 0 Å². The summed E-state index contributed by atoms with van der Waals surface area (Å²) >= 11 is 2.96. The zero-order chi connectivity index (χ0) is 35.3. The summed E-state index contributed by atoms with van der Waals surface area (Å²) in [5.74, 6) is 4.06. The predicted octanol–water partition coefficient (Wildman–Crippen LogP) is 10.9. The van der Waals surface area contributed by atoms with Crippen molar-refractivity contribution in [1.29, 1.82) is 0 Å². The van der Waals surface area contributed by atoms with Crippen molar-refractivity contribution in [2.24, 2.45) is 0 Å². The number of rotatable bonds is 11. The minimum absolute atomic E-state index is 0. The molecule has 8 aromatic rings. The van der Waals surface area contributed by atoms with Crippen molar-refractivity contribution in [2.45, 2.75) is 57.6 Å². The Morgan fingerprint density at radius 3 is 1.67 bits per heavy atom. The van der Waals surface area contributed by atoms with Crippen molar-refractivity contribution >= 4 is 74.3 Å². The van der Waals surface area contributed by atoms with Gasteiger partial charge in [0.05, 0.1) is 11.0 Å². The number of aromatic amines is 2. The predicted molar refractivity (Wildman–Crippen MR) is 211 cm³/mol. The molecule has 0 bridgehead atoms. The Labute approximate surface area is 355 Å². The fourth-order valence-electron chi connectivity index (χ4n) is 6.41. The van der Waals surface area contributed by atoms with Crippen LogP contribution in [0.4, 0.5) is 29.0 Å². The molecule has 0 amide bonds. The maximum atomic E-state index is 8.83. The van der Waals surface area contributed by atoms with Crippen LogP contribution in [0.1, 0.15) is 48.9 Å². The summed E-state index contributed by atoms with van der Waals surface area (Å²) in [5.41, 5.74) is 15.0. The minimum atomic E-state index is 0. The molecule has 4 aromatic heterocycles. The van der Waals surface area contributed by atoms with Gasteiger partial charge in [-0.1, -0.05) is 42.5 Å². The molecule has 2 saturated carbocycles. The number of H-pyrrole nitrogens is 2. The second kappa shape index (κ2) is 15.0. The fraction of sp³-hybridized carbons (Fsp3) is 0.150. The smallest absolute Gasteiger partial charge is 0.195 e. The molecule has 14 heteroatoms. The number of anilines is 4. The number of benzene rings is 4. The Hall–Kier alpha value is -4.48. The van der Waals surface area contributed by atoms with Gasteiger partial charge in [-0.05, 0) is 109 Å². The average molecular weight is 958 g/mol. The molecule has 11 nitrogen and oxygen atoms in total. The maximum Gasteiger partial charge on any atom is 0.195 e. The molecule has 54 heavy (non-hydrogen) atoms. The number of nitrogens with zero attached hydrogens (tertiary/aromatic N) is 6. The Morgan fingerprint density at radius 1 is 0.574 bits per heavy atom. The van der Waals surface area contributed by atoms with Gasteiger partial charge < -0.3 is 16.4 Å². The maximum absolute atomic E-state index is 8.83. The second-order valence-corrected chi connectivity index (χ2v) is 15.5. The molecule has 10 rings (SSSR count). The topological polar surface area (TPSA) is 157 Å². The van der Waals surface area contributed by atoms with Gasteiger partial charge in [0.15, 0.2) is 21.9 Å². The van der Waals surface area contributed by atoms with E-state index in [1.165, 1.54) is 49.2 Å². The van der Waals surface area contributed by atoms with Crippen LogP contribution >= 0.6 is 23.5 Å². The van der Waals surface area contributed by atoms with Crippen molar-refractivity contribution in [1.82, 2.24) is 40.3 Å². The van der Waals surface area contributed by atoms with Crippen LogP contribution in [0.3, 0.4) is 0 Å². The standard InChI is InChI=1S/C40H32N11S2.Ac/c41-30-17-16-26(53-40-43-32-11-4-2-9-28(32)38(47-40)45-36-21-34(49-51-36)23-14-15-23)19-29(30)24-6-5-7-25(18-24)52-39-42-31-10-3-1-8-27(31)37(46-39)44-35-20-33(48-50-35)22-12-13-22;/h1-11,16-23,41H,12-15H2,(H2,42,44,46,48,50)(H2,43,45,47,49,51);/q-1;. The third-order valence-corrected chi connectivity index (χ3v) is 11.2. The molecular formula is C40H32AcN11S2-. The van der Waals surface area contributed by atoms with E-state index in [-0.39, 0.29) is 44.1 Å². The Kier molecular flexibility index (Phi) is 9.78. The van der Waals surface area contributed by atoms with Crippen LogP contribution < -0.4 is 10.6 Å². The van der Waals surface area contributed by atoms with Crippen LogP contribution in [-0.2, 0) is 0 Å². The summed E-state index contributed by atoms with van der Waals surface area (Å²) in [6.45, 7) is 0. The zero-order valence-corrected chi connectivity index (χ0v) is 35.3. The van der Waals surface area contributed by atoms with Crippen LogP contribution in [0.2, 0.25) is 0 Å². The molecule has 263 valence electrons. The van der Waals surface area contributed by atoms with E-state index in [1.807, 2.05) is 84.9 Å². The van der Waals surface area contributed by atoms with E-state index in [9.17, 15) is 0 Å². The first-order chi connectivity index (χ1) is 26.1. The molecule has 0 unspecified atom stereocenters. The number of hydrogen-bond donors (Lipinski definition) is 4. The number of aromatic nitrogens is 8. The van der Waals surface area contributed by atoms with Crippen molar-refractivity contribution in [3.8, 4) is 11.1 Å². The summed E-state index contributed by atoms with van der Waals surface area (Å²) in [7, 11) is 0. The average Bonchev–Trinajstić information content (AvgIpc) is 4.12. The first kappa shape index (κ1) is 35.2. The van der Waals surface area contributed by atoms with Gasteiger partial charge in [0.1, 0.15) is 11.6 Å². The van der Waals surface area contributed by atoms with Crippen LogP contribution in [-0.4, -0.2) is 40.3 Å².